The molecule has 0 aliphatic carbocycles. The lowest BCUT2D eigenvalue weighted by Gasteiger charge is -2.11. The normalized spacial score (nSPS) is 11.4. The van der Waals surface area contributed by atoms with Crippen LogP contribution >= 0.6 is 0 Å². The van der Waals surface area contributed by atoms with Crippen LogP contribution in [0.3, 0.4) is 0 Å². The highest BCUT2D eigenvalue weighted by atomic mass is 16.5. The van der Waals surface area contributed by atoms with Gasteiger partial charge in [0.1, 0.15) is 11.8 Å². The maximum absolute atomic E-state index is 11.6. The summed E-state index contributed by atoms with van der Waals surface area (Å²) in [6.45, 7) is 1.99. The van der Waals surface area contributed by atoms with Crippen molar-refractivity contribution in [1.29, 1.82) is 5.26 Å². The zero-order valence-electron chi connectivity index (χ0n) is 10.3. The molecule has 0 radical (unpaired) electrons. The number of nitrogens with two attached hydrogens (primary N) is 1. The number of nitrogens with zero attached hydrogens (tertiary/aromatic N) is 1. The van der Waals surface area contributed by atoms with Gasteiger partial charge in [0, 0.05) is 5.69 Å². The molecule has 1 rings (SSSR count). The molecule has 0 unspecified atom stereocenters. The number of benzene rings is 1. The molecule has 1 amide bonds. The Morgan fingerprint density at radius 1 is 1.50 bits per heavy atom. The van der Waals surface area contributed by atoms with Gasteiger partial charge in [0.2, 0.25) is 5.91 Å². The molecule has 0 saturated heterocycles. The second-order valence-electron chi connectivity index (χ2n) is 3.86. The van der Waals surface area contributed by atoms with E-state index in [0.29, 0.717) is 17.9 Å². The SMILES string of the molecule is CCC[C@H](N)C(=O)Nc1ccc(OCC#N)cc1. The van der Waals surface area contributed by atoms with Crippen molar-refractivity contribution < 1.29 is 9.53 Å². The molecule has 0 aliphatic rings. The van der Waals surface area contributed by atoms with E-state index in [1.165, 1.54) is 0 Å². The predicted octanol–water partition coefficient (Wildman–Crippen LogP) is 1.65. The van der Waals surface area contributed by atoms with Crippen LogP contribution < -0.4 is 15.8 Å². The number of amides is 1. The van der Waals surface area contributed by atoms with Crippen molar-refractivity contribution in [3.05, 3.63) is 24.3 Å². The molecule has 0 bridgehead atoms. The lowest BCUT2D eigenvalue weighted by molar-refractivity contribution is -0.117. The van der Waals surface area contributed by atoms with Crippen molar-refractivity contribution in [2.24, 2.45) is 5.73 Å². The van der Waals surface area contributed by atoms with Crippen LogP contribution in [0.5, 0.6) is 5.75 Å². The van der Waals surface area contributed by atoms with E-state index >= 15 is 0 Å². The summed E-state index contributed by atoms with van der Waals surface area (Å²) in [4.78, 5) is 11.6. The molecule has 1 atom stereocenters. The summed E-state index contributed by atoms with van der Waals surface area (Å²) >= 11 is 0. The first-order chi connectivity index (χ1) is 8.67. The van der Waals surface area contributed by atoms with Gasteiger partial charge in [-0.1, -0.05) is 13.3 Å². The Bertz CT molecular complexity index is 423. The fraction of sp³-hybridized carbons (Fsp3) is 0.385. The van der Waals surface area contributed by atoms with Crippen LogP contribution in [-0.4, -0.2) is 18.6 Å². The van der Waals surface area contributed by atoms with Crippen molar-refractivity contribution in [2.45, 2.75) is 25.8 Å². The van der Waals surface area contributed by atoms with Gasteiger partial charge in [-0.3, -0.25) is 4.79 Å². The molecule has 0 heterocycles. The van der Waals surface area contributed by atoms with E-state index in [2.05, 4.69) is 5.32 Å². The summed E-state index contributed by atoms with van der Waals surface area (Å²) in [6.07, 6.45) is 1.53. The zero-order valence-corrected chi connectivity index (χ0v) is 10.3. The minimum atomic E-state index is -0.482. The van der Waals surface area contributed by atoms with E-state index in [4.69, 9.17) is 15.7 Å². The minimum Gasteiger partial charge on any atom is -0.479 e. The van der Waals surface area contributed by atoms with Crippen LogP contribution in [-0.2, 0) is 4.79 Å². The summed E-state index contributed by atoms with van der Waals surface area (Å²) in [7, 11) is 0. The molecular formula is C13H17N3O2. The van der Waals surface area contributed by atoms with Crippen LogP contribution in [0.1, 0.15) is 19.8 Å². The molecule has 0 fully saturated rings. The predicted molar refractivity (Wildman–Crippen MR) is 69.1 cm³/mol. The molecule has 96 valence electrons. The van der Waals surface area contributed by atoms with Crippen LogP contribution in [0.4, 0.5) is 5.69 Å². The second kappa shape index (κ2) is 7.30. The lowest BCUT2D eigenvalue weighted by Crippen LogP contribution is -2.35. The van der Waals surface area contributed by atoms with E-state index in [1.807, 2.05) is 13.0 Å². The van der Waals surface area contributed by atoms with Gasteiger partial charge in [0.05, 0.1) is 6.04 Å². The number of nitriles is 1. The van der Waals surface area contributed by atoms with Crippen LogP contribution in [0.15, 0.2) is 24.3 Å². The molecule has 18 heavy (non-hydrogen) atoms. The molecule has 0 spiro atoms. The lowest BCUT2D eigenvalue weighted by atomic mass is 10.1. The number of hydrogen-bond donors (Lipinski definition) is 2. The van der Waals surface area contributed by atoms with E-state index in [1.54, 1.807) is 24.3 Å². The molecule has 1 aromatic carbocycles. The Balaban J connectivity index is 2.53. The monoisotopic (exact) mass is 247 g/mol. The number of rotatable bonds is 6. The standard InChI is InChI=1S/C13H17N3O2/c1-2-3-12(15)13(17)16-10-4-6-11(7-5-10)18-9-8-14/h4-7,12H,2-3,9,15H2,1H3,(H,16,17)/t12-/m0/s1. The Kier molecular flexibility index (Phi) is 5.68. The summed E-state index contributed by atoms with van der Waals surface area (Å²) in [5, 5.41) is 11.1. The number of hydrogen-bond acceptors (Lipinski definition) is 4. The van der Waals surface area contributed by atoms with Crippen LogP contribution in [0, 0.1) is 11.3 Å². The largest absolute Gasteiger partial charge is 0.479 e. The number of ether oxygens (including phenoxy) is 1. The van der Waals surface area contributed by atoms with E-state index in [0.717, 1.165) is 6.42 Å². The van der Waals surface area contributed by atoms with Crippen LogP contribution in [0.25, 0.3) is 0 Å². The van der Waals surface area contributed by atoms with Crippen LogP contribution in [0.2, 0.25) is 0 Å². The van der Waals surface area contributed by atoms with Gasteiger partial charge >= 0.3 is 0 Å². The maximum atomic E-state index is 11.6. The van der Waals surface area contributed by atoms with Crippen molar-refractivity contribution in [1.82, 2.24) is 0 Å². The molecule has 0 saturated carbocycles. The Morgan fingerprint density at radius 2 is 2.17 bits per heavy atom. The Labute approximate surface area is 107 Å². The van der Waals surface area contributed by atoms with Gasteiger partial charge in [0.25, 0.3) is 0 Å². The topological polar surface area (TPSA) is 88.1 Å². The minimum absolute atomic E-state index is 0.00702. The molecular weight excluding hydrogens is 230 g/mol. The highest BCUT2D eigenvalue weighted by Crippen LogP contribution is 2.15. The van der Waals surface area contributed by atoms with Gasteiger partial charge in [-0.2, -0.15) is 5.26 Å². The molecule has 5 heteroatoms. The Hall–Kier alpha value is -2.06. The highest BCUT2D eigenvalue weighted by Gasteiger charge is 2.11. The first-order valence-electron chi connectivity index (χ1n) is 5.83. The molecule has 1 aromatic rings. The number of anilines is 1. The van der Waals surface area contributed by atoms with Gasteiger partial charge in [-0.05, 0) is 30.7 Å². The third kappa shape index (κ3) is 4.44. The average Bonchev–Trinajstić information content (AvgIpc) is 2.38. The average molecular weight is 247 g/mol. The molecule has 5 nitrogen and oxygen atoms in total. The summed E-state index contributed by atoms with van der Waals surface area (Å²) in [6, 6.07) is 8.21. The van der Waals surface area contributed by atoms with E-state index in [-0.39, 0.29) is 12.5 Å². The summed E-state index contributed by atoms with van der Waals surface area (Å²) < 4.78 is 5.10. The molecule has 0 aliphatic heterocycles. The molecule has 0 aromatic heterocycles. The first kappa shape index (κ1) is 14.0. The van der Waals surface area contributed by atoms with Crippen molar-refractivity contribution in [3.63, 3.8) is 0 Å². The third-order valence-electron chi connectivity index (χ3n) is 2.36. The number of carbonyl (C=O) groups is 1. The maximum Gasteiger partial charge on any atom is 0.241 e. The van der Waals surface area contributed by atoms with Gasteiger partial charge < -0.3 is 15.8 Å². The van der Waals surface area contributed by atoms with Gasteiger partial charge in [-0.15, -0.1) is 0 Å². The van der Waals surface area contributed by atoms with Crippen molar-refractivity contribution in [3.8, 4) is 11.8 Å². The fourth-order valence-electron chi connectivity index (χ4n) is 1.43. The van der Waals surface area contributed by atoms with E-state index < -0.39 is 6.04 Å². The fourth-order valence-corrected chi connectivity index (χ4v) is 1.43. The quantitative estimate of drug-likeness (QED) is 0.800. The summed E-state index contributed by atoms with van der Waals surface area (Å²) in [5.41, 5.74) is 6.36. The second-order valence-corrected chi connectivity index (χ2v) is 3.86. The number of carbonyl (C=O) groups excluding carboxylic acids is 1. The smallest absolute Gasteiger partial charge is 0.241 e. The van der Waals surface area contributed by atoms with Crippen molar-refractivity contribution in [2.75, 3.05) is 11.9 Å². The van der Waals surface area contributed by atoms with E-state index in [9.17, 15) is 4.79 Å². The Morgan fingerprint density at radius 3 is 2.72 bits per heavy atom. The van der Waals surface area contributed by atoms with Gasteiger partial charge in [0.15, 0.2) is 6.61 Å². The van der Waals surface area contributed by atoms with Crippen molar-refractivity contribution >= 4 is 11.6 Å². The third-order valence-corrected chi connectivity index (χ3v) is 2.36. The summed E-state index contributed by atoms with van der Waals surface area (Å²) in [5.74, 6) is 0.398. The van der Waals surface area contributed by atoms with Gasteiger partial charge in [-0.25, -0.2) is 0 Å². The first-order valence-corrected chi connectivity index (χ1v) is 5.83. The highest BCUT2D eigenvalue weighted by molar-refractivity contribution is 5.94. The zero-order chi connectivity index (χ0) is 13.4. The molecule has 3 N–H and O–H groups in total. The number of nitrogens with one attached hydrogen (secondary N) is 1.